The molecule has 0 amide bonds. The Labute approximate surface area is 134 Å². The van der Waals surface area contributed by atoms with Crippen LogP contribution < -0.4 is 4.74 Å². The Kier molecular flexibility index (Phi) is 4.17. The highest BCUT2D eigenvalue weighted by Crippen LogP contribution is 2.28. The quantitative estimate of drug-likeness (QED) is 0.695. The number of pyridine rings is 1. The highest BCUT2D eigenvalue weighted by molar-refractivity contribution is 9.10. The van der Waals surface area contributed by atoms with Gasteiger partial charge in [-0.2, -0.15) is 4.98 Å². The number of ether oxygens (including phenoxy) is 1. The third-order valence-electron chi connectivity index (χ3n) is 2.61. The minimum atomic E-state index is 0.140. The molecule has 0 aliphatic carbocycles. The van der Waals surface area contributed by atoms with Crippen molar-refractivity contribution in [2.45, 2.75) is 6.61 Å². The van der Waals surface area contributed by atoms with Crippen LogP contribution in [-0.4, -0.2) is 15.1 Å². The Morgan fingerprint density at radius 3 is 2.90 bits per heavy atom. The van der Waals surface area contributed by atoms with E-state index in [-0.39, 0.29) is 6.61 Å². The van der Waals surface area contributed by atoms with Crippen molar-refractivity contribution < 1.29 is 9.26 Å². The number of benzene rings is 1. The van der Waals surface area contributed by atoms with Crippen LogP contribution in [0.4, 0.5) is 0 Å². The van der Waals surface area contributed by atoms with Crippen molar-refractivity contribution in [3.05, 3.63) is 58.0 Å². The summed E-state index contributed by atoms with van der Waals surface area (Å²) in [6, 6.07) is 10.8. The summed E-state index contributed by atoms with van der Waals surface area (Å²) >= 11 is 9.40. The lowest BCUT2D eigenvalue weighted by atomic mass is 10.3. The van der Waals surface area contributed by atoms with Gasteiger partial charge in [0.05, 0.1) is 5.02 Å². The number of aromatic nitrogens is 3. The molecule has 0 saturated carbocycles. The van der Waals surface area contributed by atoms with E-state index in [1.54, 1.807) is 24.4 Å². The van der Waals surface area contributed by atoms with Crippen LogP contribution in [0.2, 0.25) is 5.02 Å². The van der Waals surface area contributed by atoms with E-state index in [4.69, 9.17) is 20.9 Å². The average molecular weight is 367 g/mol. The predicted molar refractivity (Wildman–Crippen MR) is 81.0 cm³/mol. The second kappa shape index (κ2) is 6.24. The Balaban J connectivity index is 1.70. The average Bonchev–Trinajstić information content (AvgIpc) is 2.96. The van der Waals surface area contributed by atoms with Crippen molar-refractivity contribution in [1.29, 1.82) is 0 Å². The van der Waals surface area contributed by atoms with E-state index in [2.05, 4.69) is 31.1 Å². The second-order valence-corrected chi connectivity index (χ2v) is 5.41. The van der Waals surface area contributed by atoms with Gasteiger partial charge in [0.2, 0.25) is 5.82 Å². The Morgan fingerprint density at radius 2 is 2.14 bits per heavy atom. The fraction of sp³-hybridized carbons (Fsp3) is 0.0714. The summed E-state index contributed by atoms with van der Waals surface area (Å²) < 4.78 is 11.6. The van der Waals surface area contributed by atoms with E-state index in [1.165, 1.54) is 0 Å². The normalized spacial score (nSPS) is 10.6. The zero-order valence-corrected chi connectivity index (χ0v) is 13.0. The predicted octanol–water partition coefficient (Wildman–Crippen LogP) is 4.13. The van der Waals surface area contributed by atoms with E-state index in [0.29, 0.717) is 28.2 Å². The van der Waals surface area contributed by atoms with Crippen LogP contribution >= 0.6 is 27.5 Å². The fourth-order valence-corrected chi connectivity index (χ4v) is 2.37. The van der Waals surface area contributed by atoms with Crippen molar-refractivity contribution in [1.82, 2.24) is 15.1 Å². The first-order valence-corrected chi connectivity index (χ1v) is 7.21. The van der Waals surface area contributed by atoms with Crippen LogP contribution in [0.25, 0.3) is 11.5 Å². The van der Waals surface area contributed by atoms with Crippen molar-refractivity contribution in [3.8, 4) is 17.3 Å². The minimum absolute atomic E-state index is 0.140. The number of hydrogen-bond donors (Lipinski definition) is 0. The Bertz CT molecular complexity index is 749. The number of halogens is 2. The summed E-state index contributed by atoms with van der Waals surface area (Å²) in [6.45, 7) is 0.140. The molecule has 0 aliphatic rings. The van der Waals surface area contributed by atoms with Gasteiger partial charge in [-0.15, -0.1) is 0 Å². The molecule has 21 heavy (non-hydrogen) atoms. The van der Waals surface area contributed by atoms with Gasteiger partial charge in [-0.1, -0.05) is 38.8 Å². The molecular formula is C14H9BrClN3O2. The Morgan fingerprint density at radius 1 is 1.24 bits per heavy atom. The topological polar surface area (TPSA) is 61.0 Å². The Hall–Kier alpha value is -1.92. The van der Waals surface area contributed by atoms with Gasteiger partial charge in [0, 0.05) is 10.7 Å². The summed E-state index contributed by atoms with van der Waals surface area (Å²) in [4.78, 5) is 8.38. The smallest absolute Gasteiger partial charge is 0.264 e. The maximum absolute atomic E-state index is 6.07. The molecule has 0 aliphatic heterocycles. The number of hydrogen-bond acceptors (Lipinski definition) is 5. The monoisotopic (exact) mass is 365 g/mol. The second-order valence-electron chi connectivity index (χ2n) is 4.09. The van der Waals surface area contributed by atoms with Crippen LogP contribution in [0.15, 0.2) is 51.6 Å². The zero-order chi connectivity index (χ0) is 14.7. The first-order valence-electron chi connectivity index (χ1n) is 6.04. The lowest BCUT2D eigenvalue weighted by Gasteiger charge is -2.05. The third-order valence-corrected chi connectivity index (χ3v) is 3.40. The van der Waals surface area contributed by atoms with E-state index in [9.17, 15) is 0 Å². The van der Waals surface area contributed by atoms with E-state index in [1.807, 2.05) is 18.2 Å². The molecule has 2 heterocycles. The molecule has 0 radical (unpaired) electrons. The summed E-state index contributed by atoms with van der Waals surface area (Å²) in [7, 11) is 0. The molecule has 0 unspecified atom stereocenters. The molecule has 0 spiro atoms. The van der Waals surface area contributed by atoms with Crippen LogP contribution in [0, 0.1) is 0 Å². The number of nitrogens with zero attached hydrogens (tertiary/aromatic N) is 3. The van der Waals surface area contributed by atoms with Crippen LogP contribution in [0.1, 0.15) is 5.89 Å². The summed E-state index contributed by atoms with van der Waals surface area (Å²) in [5, 5.41) is 4.37. The highest BCUT2D eigenvalue weighted by atomic mass is 79.9. The molecule has 3 rings (SSSR count). The molecule has 106 valence electrons. The first kappa shape index (κ1) is 14.0. The van der Waals surface area contributed by atoms with Crippen LogP contribution in [0.5, 0.6) is 5.75 Å². The molecule has 0 saturated heterocycles. The molecule has 0 fully saturated rings. The largest absolute Gasteiger partial charge is 0.482 e. The molecule has 5 nitrogen and oxygen atoms in total. The van der Waals surface area contributed by atoms with Crippen molar-refractivity contribution in [2.75, 3.05) is 0 Å². The van der Waals surface area contributed by atoms with Gasteiger partial charge in [-0.05, 0) is 30.3 Å². The van der Waals surface area contributed by atoms with Crippen LogP contribution in [0.3, 0.4) is 0 Å². The summed E-state index contributed by atoms with van der Waals surface area (Å²) in [5.74, 6) is 1.34. The van der Waals surface area contributed by atoms with Crippen molar-refractivity contribution in [3.63, 3.8) is 0 Å². The molecule has 0 atom stereocenters. The molecule has 3 aromatic rings. The zero-order valence-electron chi connectivity index (χ0n) is 10.7. The van der Waals surface area contributed by atoms with Gasteiger partial charge in [0.1, 0.15) is 11.4 Å². The molecule has 0 bridgehead atoms. The lowest BCUT2D eigenvalue weighted by molar-refractivity contribution is 0.243. The van der Waals surface area contributed by atoms with Gasteiger partial charge in [-0.3, -0.25) is 4.98 Å². The highest BCUT2D eigenvalue weighted by Gasteiger charge is 2.10. The maximum atomic E-state index is 6.07. The van der Waals surface area contributed by atoms with E-state index >= 15 is 0 Å². The van der Waals surface area contributed by atoms with Gasteiger partial charge < -0.3 is 9.26 Å². The van der Waals surface area contributed by atoms with Gasteiger partial charge in [-0.25, -0.2) is 0 Å². The van der Waals surface area contributed by atoms with Gasteiger partial charge in [0.25, 0.3) is 5.89 Å². The SMILES string of the molecule is Clc1cc(Br)ccc1OCc1nc(-c2ccccn2)no1. The molecule has 1 aromatic carbocycles. The van der Waals surface area contributed by atoms with Crippen LogP contribution in [-0.2, 0) is 6.61 Å². The van der Waals surface area contributed by atoms with Gasteiger partial charge >= 0.3 is 0 Å². The van der Waals surface area contributed by atoms with E-state index < -0.39 is 0 Å². The molecule has 2 aromatic heterocycles. The summed E-state index contributed by atoms with van der Waals surface area (Å²) in [6.07, 6.45) is 1.67. The summed E-state index contributed by atoms with van der Waals surface area (Å²) in [5.41, 5.74) is 0.647. The first-order chi connectivity index (χ1) is 10.2. The van der Waals surface area contributed by atoms with Crippen molar-refractivity contribution in [2.24, 2.45) is 0 Å². The van der Waals surface area contributed by atoms with Gasteiger partial charge in [0.15, 0.2) is 6.61 Å². The van der Waals surface area contributed by atoms with E-state index in [0.717, 1.165) is 4.47 Å². The molecule has 7 heteroatoms. The standard InChI is InChI=1S/C14H9BrClN3O2/c15-9-4-5-12(10(16)7-9)20-8-13-18-14(19-21-13)11-3-1-2-6-17-11/h1-7H,8H2. The number of rotatable bonds is 4. The minimum Gasteiger partial charge on any atom is -0.482 e. The molecular weight excluding hydrogens is 358 g/mol. The maximum Gasteiger partial charge on any atom is 0.264 e. The van der Waals surface area contributed by atoms with Crippen molar-refractivity contribution >= 4 is 27.5 Å². The molecule has 0 N–H and O–H groups in total. The third kappa shape index (κ3) is 3.40. The fourth-order valence-electron chi connectivity index (χ4n) is 1.64. The lowest BCUT2D eigenvalue weighted by Crippen LogP contribution is -1.96.